The second-order valence-corrected chi connectivity index (χ2v) is 20.9. The number of rotatable bonds is 22. The van der Waals surface area contributed by atoms with Crippen LogP contribution in [0.1, 0.15) is 36.4 Å². The average Bonchev–Trinajstić information content (AvgIpc) is 3.74. The topological polar surface area (TPSA) is 586 Å². The van der Waals surface area contributed by atoms with Crippen LogP contribution in [-0.4, -0.2) is 70.2 Å². The lowest BCUT2D eigenvalue weighted by Crippen LogP contribution is -2.33. The van der Waals surface area contributed by atoms with E-state index in [2.05, 4.69) is 46.3 Å². The third kappa shape index (κ3) is 19.0. The quantitative estimate of drug-likeness (QED) is 0.0483. The highest BCUT2D eigenvalue weighted by Crippen LogP contribution is 2.61. The molecule has 10 atom stereocenters. The molecule has 0 radical (unpaired) electrons. The van der Waals surface area contributed by atoms with Gasteiger partial charge in [-0.15, -0.1) is 0 Å². The van der Waals surface area contributed by atoms with E-state index in [1.54, 1.807) is 0 Å². The maximum absolute atomic E-state index is 12.1. The number of hydrogen-bond acceptors (Lipinski definition) is 30. The van der Waals surface area contributed by atoms with Gasteiger partial charge in [-0.25, -0.2) is 18.2 Å². The molecule has 0 amide bonds. The van der Waals surface area contributed by atoms with Gasteiger partial charge in [-0.1, -0.05) is 10.2 Å². The Morgan fingerprint density at radius 1 is 0.621 bits per heavy atom. The number of nitrogens with one attached hydrogen (secondary N) is 2. The van der Waals surface area contributed by atoms with Crippen LogP contribution in [0.25, 0.3) is 20.9 Å². The minimum atomic E-state index is -6.16. The Balaban J connectivity index is 0.000000350. The van der Waals surface area contributed by atoms with E-state index in [4.69, 9.17) is 30.0 Å². The van der Waals surface area contributed by atoms with Crippen LogP contribution in [0.2, 0.25) is 0 Å². The number of phosphoric acid groups is 6. The summed E-state index contributed by atoms with van der Waals surface area (Å²) in [5, 5.41) is 6.25. The number of aromatic nitrogens is 4. The number of azide groups is 2. The van der Waals surface area contributed by atoms with E-state index in [0.29, 0.717) is 0 Å². The van der Waals surface area contributed by atoms with Gasteiger partial charge in [-0.2, -0.15) is 0 Å². The predicted molar refractivity (Wildman–Crippen MR) is 189 cm³/mol. The molecule has 2 fully saturated rings. The minimum Gasteiger partial charge on any atom is -0.790 e. The van der Waals surface area contributed by atoms with Crippen LogP contribution in [-0.2, 0) is 72.6 Å². The van der Waals surface area contributed by atoms with Crippen molar-refractivity contribution in [2.75, 3.05) is 26.7 Å². The Hall–Kier alpha value is -3.36. The lowest BCUT2D eigenvalue weighted by atomic mass is 10.2. The monoisotopic (exact) mass is 1070 g/mol. The predicted octanol–water partition coefficient (Wildman–Crippen LogP) is -4.80. The van der Waals surface area contributed by atoms with Crippen LogP contribution in [0.15, 0.2) is 41.8 Å². The minimum absolute atomic E-state index is 0.136. The van der Waals surface area contributed by atoms with Crippen molar-refractivity contribution in [2.45, 2.75) is 63.6 Å². The summed E-state index contributed by atoms with van der Waals surface area (Å²) in [7, 11) is -36.2. The van der Waals surface area contributed by atoms with Crippen molar-refractivity contribution < 1.29 is 112 Å². The first kappa shape index (κ1) is 57.0. The van der Waals surface area contributed by atoms with Gasteiger partial charge in [-0.05, 0) is 24.9 Å². The van der Waals surface area contributed by atoms with E-state index in [1.165, 1.54) is 13.8 Å². The van der Waals surface area contributed by atoms with Crippen molar-refractivity contribution in [1.82, 2.24) is 19.1 Å². The second-order valence-electron chi connectivity index (χ2n) is 12.4. The molecule has 0 spiro atoms. The van der Waals surface area contributed by atoms with Crippen molar-refractivity contribution in [1.29, 1.82) is 0 Å². The van der Waals surface area contributed by atoms with Gasteiger partial charge in [0.2, 0.25) is 0 Å². The fourth-order valence-electron chi connectivity index (χ4n) is 5.20. The number of aromatic amines is 2. The Bertz CT molecular complexity index is 2520. The lowest BCUT2D eigenvalue weighted by Gasteiger charge is -2.37. The Kier molecular flexibility index (Phi) is 20.1. The standard InChI is InChI=1S/2C11H18N5O14P3/c2*1-6-3-16(11(18)14-10(6)17)9-2-7(26-5-13-15-12)8(28-9)4-27-32(22,23)30-33(24,25)29-31(19,20)21/h2*3,7-9H,2,4-5H2,1H3,(H,22,23)(H,24,25)(H,14,17,18)(H2,19,20,21)/p-8/t2*7-,8-,9-/m11/s1. The van der Waals surface area contributed by atoms with Crippen LogP contribution in [0.5, 0.6) is 0 Å². The number of hydrogen-bond donors (Lipinski definition) is 2. The summed E-state index contributed by atoms with van der Waals surface area (Å²) in [6, 6.07) is 0. The molecule has 0 saturated carbocycles. The first-order valence-corrected chi connectivity index (χ1v) is 25.6. The number of phosphoric ester groups is 2. The third-order valence-electron chi connectivity index (χ3n) is 7.69. The molecule has 2 saturated heterocycles. The summed E-state index contributed by atoms with van der Waals surface area (Å²) in [5.74, 6) is 0. The van der Waals surface area contributed by atoms with E-state index in [-0.39, 0.29) is 24.0 Å². The molecule has 4 unspecified atom stereocenters. The van der Waals surface area contributed by atoms with Gasteiger partial charge in [0.25, 0.3) is 42.4 Å². The molecule has 4 rings (SSSR count). The van der Waals surface area contributed by atoms with Gasteiger partial charge >= 0.3 is 11.4 Å². The zero-order valence-electron chi connectivity index (χ0n) is 32.6. The first-order chi connectivity index (χ1) is 30.2. The average molecular weight is 1070 g/mol. The van der Waals surface area contributed by atoms with E-state index < -0.39 is 133 Å². The van der Waals surface area contributed by atoms with Crippen molar-refractivity contribution in [3.8, 4) is 0 Å². The molecule has 44 heteroatoms. The summed E-state index contributed by atoms with van der Waals surface area (Å²) < 4.78 is 112. The molecule has 2 aliphatic heterocycles. The van der Waals surface area contributed by atoms with Gasteiger partial charge in [0, 0.05) is 46.2 Å². The summed E-state index contributed by atoms with van der Waals surface area (Å²) in [6.07, 6.45) is -4.98. The van der Waals surface area contributed by atoms with Crippen LogP contribution >= 0.6 is 46.9 Å². The molecule has 2 aliphatic rings. The Labute approximate surface area is 364 Å². The van der Waals surface area contributed by atoms with Crippen LogP contribution < -0.4 is 61.6 Å². The van der Waals surface area contributed by atoms with Crippen molar-refractivity contribution in [3.63, 3.8) is 0 Å². The normalized spacial score (nSPS) is 24.6. The van der Waals surface area contributed by atoms with Gasteiger partial charge in [0.1, 0.15) is 38.1 Å². The molecule has 372 valence electrons. The zero-order valence-corrected chi connectivity index (χ0v) is 37.9. The van der Waals surface area contributed by atoms with Crippen LogP contribution in [0.4, 0.5) is 0 Å². The second kappa shape index (κ2) is 23.3. The van der Waals surface area contributed by atoms with Crippen LogP contribution in [0.3, 0.4) is 0 Å². The highest BCUT2D eigenvalue weighted by Gasteiger charge is 2.40. The van der Waals surface area contributed by atoms with E-state index >= 15 is 0 Å². The number of H-pyrrole nitrogens is 2. The SMILES string of the molecule is Cc1cn([C@H]2C[C@@H](OCN=[N+]=[N-])[C@@H](COP(=O)([O-])OP(=O)([O-])OP(=O)([O-])[O-])O2)c(=O)[nH]c1=O.Cc1cn([C@H]2C[C@@H](OCN=[N+]=[N-])[C@@H](COP(=O)([O-])OP(=O)([O-])OP(=O)([O-])[O-])O2)c(=O)[nH]c1=O. The largest absolute Gasteiger partial charge is 0.790 e. The smallest absolute Gasteiger partial charge is 0.330 e. The molecule has 2 N–H and O–H groups in total. The van der Waals surface area contributed by atoms with Crippen molar-refractivity contribution in [3.05, 3.63) is 86.1 Å². The lowest BCUT2D eigenvalue weighted by molar-refractivity contribution is -0.342. The summed E-state index contributed by atoms with van der Waals surface area (Å²) in [5.41, 5.74) is 13.9. The summed E-state index contributed by atoms with van der Waals surface area (Å²) >= 11 is 0. The van der Waals surface area contributed by atoms with E-state index in [9.17, 15) is 85.7 Å². The Morgan fingerprint density at radius 3 is 1.26 bits per heavy atom. The summed E-state index contributed by atoms with van der Waals surface area (Å²) in [6.45, 7) is -0.243. The number of aryl methyl sites for hydroxylation is 2. The zero-order chi connectivity index (χ0) is 50.1. The van der Waals surface area contributed by atoms with Crippen molar-refractivity contribution >= 4 is 46.9 Å². The molecule has 66 heavy (non-hydrogen) atoms. The number of nitrogens with zero attached hydrogens (tertiary/aromatic N) is 8. The number of ether oxygens (including phenoxy) is 4. The molecule has 2 aromatic rings. The van der Waals surface area contributed by atoms with E-state index in [0.717, 1.165) is 21.5 Å². The van der Waals surface area contributed by atoms with Gasteiger partial charge < -0.3 is 76.3 Å². The highest BCUT2D eigenvalue weighted by molar-refractivity contribution is 7.65. The first-order valence-electron chi connectivity index (χ1n) is 16.9. The molecular weight excluding hydrogens is 1040 g/mol. The fraction of sp³-hybridized carbons (Fsp3) is 0.636. The maximum atomic E-state index is 12.1. The maximum Gasteiger partial charge on any atom is 0.330 e. The molecule has 0 bridgehead atoms. The van der Waals surface area contributed by atoms with Crippen molar-refractivity contribution in [2.24, 2.45) is 10.2 Å². The molecule has 0 aromatic carbocycles. The van der Waals surface area contributed by atoms with E-state index in [1.807, 2.05) is 9.97 Å². The molecule has 38 nitrogen and oxygen atoms in total. The van der Waals surface area contributed by atoms with Crippen LogP contribution in [0, 0.1) is 13.8 Å². The molecule has 0 aliphatic carbocycles. The third-order valence-corrected chi connectivity index (χ3v) is 15.0. The van der Waals surface area contributed by atoms with Gasteiger partial charge in [0.05, 0.1) is 41.1 Å². The molecular formula is C22H28N10O28P6-8. The fourth-order valence-corrected chi connectivity index (χ4v) is 10.9. The molecule has 4 heterocycles. The molecule has 2 aromatic heterocycles. The highest BCUT2D eigenvalue weighted by atomic mass is 31.3. The summed E-state index contributed by atoms with van der Waals surface area (Å²) in [4.78, 5) is 143. The Morgan fingerprint density at radius 2 is 0.955 bits per heavy atom. The van der Waals surface area contributed by atoms with Gasteiger partial charge in [-0.3, -0.25) is 55.6 Å². The van der Waals surface area contributed by atoms with Gasteiger partial charge in [0.15, 0.2) is 0 Å².